The van der Waals surface area contributed by atoms with Gasteiger partial charge in [-0.2, -0.15) is 13.2 Å². The third-order valence-electron chi connectivity index (χ3n) is 2.99. The van der Waals surface area contributed by atoms with Crippen molar-refractivity contribution in [2.24, 2.45) is 5.92 Å². The number of hydrogen-bond acceptors (Lipinski definition) is 1. The van der Waals surface area contributed by atoms with Crippen LogP contribution in [-0.2, 0) is 12.7 Å². The first kappa shape index (κ1) is 11.2. The third kappa shape index (κ3) is 2.28. The zero-order chi connectivity index (χ0) is 11.8. The predicted octanol–water partition coefficient (Wildman–Crippen LogP) is 2.67. The lowest BCUT2D eigenvalue weighted by atomic mass is 9.85. The van der Waals surface area contributed by atoms with Gasteiger partial charge in [0.05, 0.1) is 5.56 Å². The van der Waals surface area contributed by atoms with Gasteiger partial charge in [-0.15, -0.1) is 0 Å². The molecule has 0 amide bonds. The lowest BCUT2D eigenvalue weighted by Gasteiger charge is -2.26. The van der Waals surface area contributed by atoms with Crippen LogP contribution < -0.4 is 5.56 Å². The molecule has 0 spiro atoms. The predicted molar refractivity (Wildman–Crippen MR) is 53.0 cm³/mol. The minimum absolute atomic E-state index is 0.361. The van der Waals surface area contributed by atoms with Crippen LogP contribution in [0.4, 0.5) is 13.2 Å². The van der Waals surface area contributed by atoms with Crippen molar-refractivity contribution in [3.05, 3.63) is 34.2 Å². The van der Waals surface area contributed by atoms with Gasteiger partial charge < -0.3 is 4.57 Å². The molecule has 2 rings (SSSR count). The summed E-state index contributed by atoms with van der Waals surface area (Å²) in [7, 11) is 0. The Balaban J connectivity index is 2.25. The van der Waals surface area contributed by atoms with E-state index >= 15 is 0 Å². The highest BCUT2D eigenvalue weighted by Crippen LogP contribution is 2.30. The van der Waals surface area contributed by atoms with Crippen molar-refractivity contribution in [1.82, 2.24) is 4.57 Å². The molecule has 0 atom stereocenters. The average Bonchev–Trinajstić information content (AvgIpc) is 2.11. The maximum atomic E-state index is 12.4. The zero-order valence-electron chi connectivity index (χ0n) is 8.63. The Hall–Kier alpha value is -1.26. The third-order valence-corrected chi connectivity index (χ3v) is 2.99. The minimum atomic E-state index is -4.38. The van der Waals surface area contributed by atoms with Gasteiger partial charge in [-0.05, 0) is 24.8 Å². The van der Waals surface area contributed by atoms with Crippen molar-refractivity contribution in [3.63, 3.8) is 0 Å². The highest BCUT2D eigenvalue weighted by atomic mass is 19.4. The number of rotatable bonds is 2. The lowest BCUT2D eigenvalue weighted by Crippen LogP contribution is -2.27. The number of aromatic nitrogens is 1. The summed E-state index contributed by atoms with van der Waals surface area (Å²) in [6, 6.07) is 1.82. The molecule has 0 bridgehead atoms. The van der Waals surface area contributed by atoms with Crippen LogP contribution in [-0.4, -0.2) is 4.57 Å². The second-order valence-corrected chi connectivity index (χ2v) is 4.20. The van der Waals surface area contributed by atoms with Crippen LogP contribution in [0.3, 0.4) is 0 Å². The van der Waals surface area contributed by atoms with E-state index in [4.69, 9.17) is 0 Å². The molecular weight excluding hydrogens is 219 g/mol. The topological polar surface area (TPSA) is 22.0 Å². The van der Waals surface area contributed by atoms with Crippen molar-refractivity contribution in [2.75, 3.05) is 0 Å². The molecule has 5 heteroatoms. The molecule has 16 heavy (non-hydrogen) atoms. The summed E-state index contributed by atoms with van der Waals surface area (Å²) >= 11 is 0. The number of pyridine rings is 1. The summed E-state index contributed by atoms with van der Waals surface area (Å²) < 4.78 is 38.4. The van der Waals surface area contributed by atoms with Crippen molar-refractivity contribution in [3.8, 4) is 0 Å². The fraction of sp³-hybridized carbons (Fsp3) is 0.545. The monoisotopic (exact) mass is 231 g/mol. The molecule has 0 N–H and O–H groups in total. The summed E-state index contributed by atoms with van der Waals surface area (Å²) in [6.45, 7) is 0.406. The molecule has 1 heterocycles. The van der Waals surface area contributed by atoms with Gasteiger partial charge >= 0.3 is 6.18 Å². The quantitative estimate of drug-likeness (QED) is 0.767. The first-order valence-electron chi connectivity index (χ1n) is 5.24. The highest BCUT2D eigenvalue weighted by Gasteiger charge is 2.31. The van der Waals surface area contributed by atoms with Crippen molar-refractivity contribution >= 4 is 0 Å². The summed E-state index contributed by atoms with van der Waals surface area (Å²) in [5.41, 5.74) is -1.12. The molecule has 0 radical (unpaired) electrons. The van der Waals surface area contributed by atoms with Crippen molar-refractivity contribution < 1.29 is 13.2 Å². The van der Waals surface area contributed by atoms with Crippen molar-refractivity contribution in [2.45, 2.75) is 32.0 Å². The van der Waals surface area contributed by atoms with E-state index in [0.29, 0.717) is 12.5 Å². The first-order valence-corrected chi connectivity index (χ1v) is 5.24. The van der Waals surface area contributed by atoms with E-state index in [1.165, 1.54) is 4.57 Å². The van der Waals surface area contributed by atoms with Crippen LogP contribution in [0.25, 0.3) is 0 Å². The van der Waals surface area contributed by atoms with E-state index in [9.17, 15) is 18.0 Å². The second-order valence-electron chi connectivity index (χ2n) is 4.20. The molecule has 0 aliphatic heterocycles. The molecule has 0 aromatic carbocycles. The van der Waals surface area contributed by atoms with Crippen LogP contribution >= 0.6 is 0 Å². The summed E-state index contributed by atoms with van der Waals surface area (Å²) in [5.74, 6) is 0.362. The Morgan fingerprint density at radius 1 is 1.31 bits per heavy atom. The molecule has 2 nitrogen and oxygen atoms in total. The smallest absolute Gasteiger partial charge is 0.315 e. The van der Waals surface area contributed by atoms with E-state index in [2.05, 4.69) is 0 Å². The van der Waals surface area contributed by atoms with Gasteiger partial charge in [0.15, 0.2) is 0 Å². The molecule has 1 aromatic heterocycles. The fourth-order valence-electron chi connectivity index (χ4n) is 1.80. The van der Waals surface area contributed by atoms with Crippen molar-refractivity contribution in [1.29, 1.82) is 0 Å². The molecule has 88 valence electrons. The molecule has 1 aliphatic carbocycles. The number of halogens is 3. The number of alkyl halides is 3. The van der Waals surface area contributed by atoms with Crippen LogP contribution in [0.15, 0.2) is 23.1 Å². The Labute approximate surface area is 90.7 Å². The Bertz CT molecular complexity index is 432. The molecule has 1 aromatic rings. The van der Waals surface area contributed by atoms with Crippen LogP contribution in [0.5, 0.6) is 0 Å². The average molecular weight is 231 g/mol. The van der Waals surface area contributed by atoms with Gasteiger partial charge in [0.25, 0.3) is 5.56 Å². The van der Waals surface area contributed by atoms with Crippen LogP contribution in [0.2, 0.25) is 0 Å². The van der Waals surface area contributed by atoms with Gasteiger partial charge in [-0.1, -0.05) is 6.42 Å². The first-order chi connectivity index (χ1) is 7.47. The minimum Gasteiger partial charge on any atom is -0.315 e. The Kier molecular flexibility index (Phi) is 2.78. The molecule has 1 saturated carbocycles. The van der Waals surface area contributed by atoms with Gasteiger partial charge in [0, 0.05) is 18.8 Å². The Morgan fingerprint density at radius 2 is 2.00 bits per heavy atom. The second kappa shape index (κ2) is 3.96. The molecular formula is C11H12F3NO. The van der Waals surface area contributed by atoms with Gasteiger partial charge in [0.2, 0.25) is 0 Å². The van der Waals surface area contributed by atoms with E-state index in [1.54, 1.807) is 0 Å². The number of hydrogen-bond donors (Lipinski definition) is 0. The lowest BCUT2D eigenvalue weighted by molar-refractivity contribution is -0.138. The molecule has 0 unspecified atom stereocenters. The molecule has 0 saturated heterocycles. The standard InChI is InChI=1S/C11H12F3NO/c12-11(13,14)9-4-5-10(16)15(7-9)6-8-2-1-3-8/h4-5,7-8H,1-3,6H2. The SMILES string of the molecule is O=c1ccc(C(F)(F)F)cn1CC1CCC1. The van der Waals surface area contributed by atoms with Gasteiger partial charge in [-0.3, -0.25) is 4.79 Å². The normalized spacial score (nSPS) is 17.2. The molecule has 1 fully saturated rings. The summed E-state index contributed by atoms with van der Waals surface area (Å²) in [5, 5.41) is 0. The zero-order valence-corrected chi connectivity index (χ0v) is 8.63. The highest BCUT2D eigenvalue weighted by molar-refractivity contribution is 5.13. The fourth-order valence-corrected chi connectivity index (χ4v) is 1.80. The van der Waals surface area contributed by atoms with E-state index in [0.717, 1.165) is 37.6 Å². The number of nitrogens with zero attached hydrogens (tertiary/aromatic N) is 1. The summed E-state index contributed by atoms with van der Waals surface area (Å²) in [4.78, 5) is 11.4. The van der Waals surface area contributed by atoms with Crippen LogP contribution in [0.1, 0.15) is 24.8 Å². The maximum absolute atomic E-state index is 12.4. The van der Waals surface area contributed by atoms with E-state index in [1.807, 2.05) is 0 Å². The van der Waals surface area contributed by atoms with Crippen LogP contribution in [0, 0.1) is 5.92 Å². The maximum Gasteiger partial charge on any atom is 0.417 e. The van der Waals surface area contributed by atoms with Gasteiger partial charge in [0.1, 0.15) is 0 Å². The largest absolute Gasteiger partial charge is 0.417 e. The van der Waals surface area contributed by atoms with E-state index in [-0.39, 0.29) is 5.56 Å². The van der Waals surface area contributed by atoms with E-state index < -0.39 is 11.7 Å². The summed E-state index contributed by atoms with van der Waals surface area (Å²) in [6.07, 6.45) is -0.348. The van der Waals surface area contributed by atoms with Gasteiger partial charge in [-0.25, -0.2) is 0 Å². The Morgan fingerprint density at radius 3 is 2.50 bits per heavy atom. The molecule has 1 aliphatic rings.